The molecule has 0 aliphatic rings. The molecule has 0 aromatic heterocycles. The average Bonchev–Trinajstić information content (AvgIpc) is 2.54. The van der Waals surface area contributed by atoms with Gasteiger partial charge in [-0.05, 0) is 41.8 Å². The highest BCUT2D eigenvalue weighted by Gasteiger charge is 2.18. The summed E-state index contributed by atoms with van der Waals surface area (Å²) in [5, 5.41) is 12.9. The SMILES string of the molecule is CCc1cccc(NC(=O)C(O)c2cccc(OC)c2)c1. The monoisotopic (exact) mass is 285 g/mol. The molecule has 21 heavy (non-hydrogen) atoms. The minimum absolute atomic E-state index is 0.462. The van der Waals surface area contributed by atoms with Crippen LogP contribution in [0.4, 0.5) is 5.69 Å². The summed E-state index contributed by atoms with van der Waals surface area (Å²) in [6.45, 7) is 2.05. The minimum Gasteiger partial charge on any atom is -0.497 e. The predicted octanol–water partition coefficient (Wildman–Crippen LogP) is 2.93. The van der Waals surface area contributed by atoms with E-state index in [9.17, 15) is 9.90 Å². The molecular formula is C17H19NO3. The van der Waals surface area contributed by atoms with Crippen LogP contribution >= 0.6 is 0 Å². The molecule has 0 saturated heterocycles. The summed E-state index contributed by atoms with van der Waals surface area (Å²) >= 11 is 0. The van der Waals surface area contributed by atoms with Gasteiger partial charge in [0.2, 0.25) is 0 Å². The number of anilines is 1. The van der Waals surface area contributed by atoms with E-state index < -0.39 is 12.0 Å². The quantitative estimate of drug-likeness (QED) is 0.888. The van der Waals surface area contributed by atoms with E-state index in [0.717, 1.165) is 12.0 Å². The van der Waals surface area contributed by atoms with Crippen LogP contribution in [-0.2, 0) is 11.2 Å². The second kappa shape index (κ2) is 6.90. The maximum Gasteiger partial charge on any atom is 0.257 e. The number of benzene rings is 2. The Morgan fingerprint density at radius 2 is 2.00 bits per heavy atom. The summed E-state index contributed by atoms with van der Waals surface area (Å²) in [6, 6.07) is 14.4. The van der Waals surface area contributed by atoms with Crippen LogP contribution in [0, 0.1) is 0 Å². The predicted molar refractivity (Wildman–Crippen MR) is 82.4 cm³/mol. The third kappa shape index (κ3) is 3.83. The van der Waals surface area contributed by atoms with E-state index in [-0.39, 0.29) is 0 Å². The van der Waals surface area contributed by atoms with Gasteiger partial charge >= 0.3 is 0 Å². The summed E-state index contributed by atoms with van der Waals surface area (Å²) < 4.78 is 5.09. The third-order valence-corrected chi connectivity index (χ3v) is 3.26. The standard InChI is InChI=1S/C17H19NO3/c1-3-12-6-4-8-14(10-12)18-17(20)16(19)13-7-5-9-15(11-13)21-2/h4-11,16,19H,3H2,1-2H3,(H,18,20). The normalized spacial score (nSPS) is 11.8. The van der Waals surface area contributed by atoms with Crippen molar-refractivity contribution in [1.29, 1.82) is 0 Å². The van der Waals surface area contributed by atoms with Gasteiger partial charge in [-0.25, -0.2) is 0 Å². The van der Waals surface area contributed by atoms with Crippen molar-refractivity contribution in [3.8, 4) is 5.75 Å². The molecule has 0 saturated carbocycles. The fraction of sp³-hybridized carbons (Fsp3) is 0.235. The number of methoxy groups -OCH3 is 1. The fourth-order valence-corrected chi connectivity index (χ4v) is 2.04. The van der Waals surface area contributed by atoms with E-state index in [0.29, 0.717) is 17.0 Å². The zero-order valence-corrected chi connectivity index (χ0v) is 12.2. The molecule has 2 N–H and O–H groups in total. The van der Waals surface area contributed by atoms with Gasteiger partial charge in [0.15, 0.2) is 6.10 Å². The summed E-state index contributed by atoms with van der Waals surface area (Å²) in [5.74, 6) is 0.142. The second-order valence-electron chi connectivity index (χ2n) is 4.72. The van der Waals surface area contributed by atoms with E-state index in [2.05, 4.69) is 5.32 Å². The van der Waals surface area contributed by atoms with Crippen molar-refractivity contribution in [3.63, 3.8) is 0 Å². The van der Waals surface area contributed by atoms with Crippen LogP contribution in [0.5, 0.6) is 5.75 Å². The number of carbonyl (C=O) groups is 1. The summed E-state index contributed by atoms with van der Waals surface area (Å²) in [6.07, 6.45) is -0.340. The maximum absolute atomic E-state index is 12.1. The highest BCUT2D eigenvalue weighted by Crippen LogP contribution is 2.21. The van der Waals surface area contributed by atoms with Crippen LogP contribution in [0.1, 0.15) is 24.2 Å². The Morgan fingerprint density at radius 1 is 1.24 bits per heavy atom. The lowest BCUT2D eigenvalue weighted by atomic mass is 10.1. The van der Waals surface area contributed by atoms with Crippen LogP contribution in [0.3, 0.4) is 0 Å². The lowest BCUT2D eigenvalue weighted by molar-refractivity contribution is -0.124. The van der Waals surface area contributed by atoms with Gasteiger partial charge in [-0.2, -0.15) is 0 Å². The molecule has 0 fully saturated rings. The van der Waals surface area contributed by atoms with E-state index >= 15 is 0 Å². The van der Waals surface area contributed by atoms with Gasteiger partial charge in [-0.1, -0.05) is 31.2 Å². The molecule has 110 valence electrons. The lowest BCUT2D eigenvalue weighted by Crippen LogP contribution is -2.20. The number of ether oxygens (including phenoxy) is 1. The second-order valence-corrected chi connectivity index (χ2v) is 4.72. The molecule has 1 amide bonds. The zero-order valence-electron chi connectivity index (χ0n) is 12.2. The van der Waals surface area contributed by atoms with Crippen LogP contribution in [0.2, 0.25) is 0 Å². The number of aryl methyl sites for hydroxylation is 1. The molecule has 4 nitrogen and oxygen atoms in total. The van der Waals surface area contributed by atoms with Gasteiger partial charge in [-0.3, -0.25) is 4.79 Å². The van der Waals surface area contributed by atoms with Crippen molar-refractivity contribution < 1.29 is 14.6 Å². The molecule has 0 heterocycles. The number of rotatable bonds is 5. The topological polar surface area (TPSA) is 58.6 Å². The third-order valence-electron chi connectivity index (χ3n) is 3.26. The first-order valence-electron chi connectivity index (χ1n) is 6.86. The zero-order chi connectivity index (χ0) is 15.2. The van der Waals surface area contributed by atoms with Gasteiger partial charge in [0.05, 0.1) is 7.11 Å². The number of nitrogens with one attached hydrogen (secondary N) is 1. The molecule has 1 atom stereocenters. The number of aliphatic hydroxyl groups is 1. The highest BCUT2D eigenvalue weighted by molar-refractivity contribution is 5.94. The summed E-state index contributed by atoms with van der Waals surface area (Å²) in [7, 11) is 1.54. The van der Waals surface area contributed by atoms with Crippen molar-refractivity contribution in [2.24, 2.45) is 0 Å². The Kier molecular flexibility index (Phi) is 4.95. The number of carbonyl (C=O) groups excluding carboxylic acids is 1. The fourth-order valence-electron chi connectivity index (χ4n) is 2.04. The number of aliphatic hydroxyl groups excluding tert-OH is 1. The molecule has 2 aromatic rings. The smallest absolute Gasteiger partial charge is 0.257 e. The number of hydrogen-bond donors (Lipinski definition) is 2. The number of amides is 1. The lowest BCUT2D eigenvalue weighted by Gasteiger charge is -2.13. The van der Waals surface area contributed by atoms with Crippen molar-refractivity contribution in [3.05, 3.63) is 59.7 Å². The molecule has 0 radical (unpaired) electrons. The van der Waals surface area contributed by atoms with E-state index in [1.807, 2.05) is 25.1 Å². The van der Waals surface area contributed by atoms with E-state index in [4.69, 9.17) is 4.74 Å². The Morgan fingerprint density at radius 3 is 2.71 bits per heavy atom. The molecule has 4 heteroatoms. The molecule has 0 aliphatic carbocycles. The Labute approximate surface area is 124 Å². The van der Waals surface area contributed by atoms with Crippen LogP contribution in [0.15, 0.2) is 48.5 Å². The maximum atomic E-state index is 12.1. The van der Waals surface area contributed by atoms with Gasteiger partial charge in [0, 0.05) is 5.69 Å². The first-order valence-corrected chi connectivity index (χ1v) is 6.86. The first kappa shape index (κ1) is 15.1. The van der Waals surface area contributed by atoms with Gasteiger partial charge in [0.1, 0.15) is 5.75 Å². The largest absolute Gasteiger partial charge is 0.497 e. The molecule has 2 rings (SSSR count). The van der Waals surface area contributed by atoms with Crippen molar-refractivity contribution in [1.82, 2.24) is 0 Å². The van der Waals surface area contributed by atoms with Crippen molar-refractivity contribution in [2.45, 2.75) is 19.4 Å². The van der Waals surface area contributed by atoms with E-state index in [1.165, 1.54) is 0 Å². The molecule has 1 unspecified atom stereocenters. The highest BCUT2D eigenvalue weighted by atomic mass is 16.5. The Balaban J connectivity index is 2.11. The molecule has 0 spiro atoms. The van der Waals surface area contributed by atoms with Gasteiger partial charge < -0.3 is 15.2 Å². The first-order chi connectivity index (χ1) is 10.1. The number of hydrogen-bond acceptors (Lipinski definition) is 3. The Hall–Kier alpha value is -2.33. The molecule has 0 bridgehead atoms. The Bertz CT molecular complexity index is 625. The average molecular weight is 285 g/mol. The van der Waals surface area contributed by atoms with Crippen LogP contribution in [-0.4, -0.2) is 18.1 Å². The molecule has 2 aromatic carbocycles. The summed E-state index contributed by atoms with van der Waals surface area (Å²) in [5.41, 5.74) is 2.31. The molecule has 0 aliphatic heterocycles. The van der Waals surface area contributed by atoms with Crippen molar-refractivity contribution in [2.75, 3.05) is 12.4 Å². The van der Waals surface area contributed by atoms with Crippen LogP contribution < -0.4 is 10.1 Å². The summed E-state index contributed by atoms with van der Waals surface area (Å²) in [4.78, 5) is 12.1. The van der Waals surface area contributed by atoms with E-state index in [1.54, 1.807) is 37.4 Å². The van der Waals surface area contributed by atoms with Gasteiger partial charge in [0.25, 0.3) is 5.91 Å². The minimum atomic E-state index is -1.23. The van der Waals surface area contributed by atoms with Crippen molar-refractivity contribution >= 4 is 11.6 Å². The van der Waals surface area contributed by atoms with Gasteiger partial charge in [-0.15, -0.1) is 0 Å². The molecular weight excluding hydrogens is 266 g/mol. The van der Waals surface area contributed by atoms with Crippen LogP contribution in [0.25, 0.3) is 0 Å².